The quantitative estimate of drug-likeness (QED) is 0.350. The van der Waals surface area contributed by atoms with Crippen molar-refractivity contribution in [3.05, 3.63) is 77.9 Å². The maximum absolute atomic E-state index is 6.44. The summed E-state index contributed by atoms with van der Waals surface area (Å²) in [5.41, 5.74) is 10.0. The standard InChI is InChI=1S/C26H31ClN6O/c1-17(32-26(22(27)15-28)21-16-30-23-7-5-4-6-20(21)23)31-24-9-8-19(14-25(24)34-3)33-12-10-18(29-2)11-13-33/h4-9,14-16,18,29-31H,1,10-13,28H2,2-3H3/b22-15+,32-26?. The van der Waals surface area contributed by atoms with Crippen LogP contribution in [0.2, 0.25) is 0 Å². The minimum Gasteiger partial charge on any atom is -0.494 e. The molecule has 34 heavy (non-hydrogen) atoms. The lowest BCUT2D eigenvalue weighted by atomic mass is 10.0. The van der Waals surface area contributed by atoms with E-state index in [9.17, 15) is 0 Å². The molecule has 1 aliphatic rings. The van der Waals surface area contributed by atoms with Gasteiger partial charge < -0.3 is 31.0 Å². The lowest BCUT2D eigenvalue weighted by molar-refractivity contribution is 0.415. The Hall–Kier alpha value is -3.42. The largest absolute Gasteiger partial charge is 0.494 e. The van der Waals surface area contributed by atoms with Crippen LogP contribution in [0.1, 0.15) is 18.4 Å². The Kier molecular flexibility index (Phi) is 7.45. The number of nitrogens with zero attached hydrogens (tertiary/aromatic N) is 2. The number of aliphatic imine (C=N–C) groups is 1. The molecule has 1 saturated heterocycles. The van der Waals surface area contributed by atoms with Crippen LogP contribution < -0.4 is 26.0 Å². The summed E-state index contributed by atoms with van der Waals surface area (Å²) in [5, 5.41) is 7.96. The molecule has 7 nitrogen and oxygen atoms in total. The van der Waals surface area contributed by atoms with Crippen molar-refractivity contribution in [3.8, 4) is 5.75 Å². The van der Waals surface area contributed by atoms with Gasteiger partial charge in [0.25, 0.3) is 0 Å². The number of benzene rings is 2. The van der Waals surface area contributed by atoms with Crippen molar-refractivity contribution in [2.75, 3.05) is 37.5 Å². The molecule has 1 aromatic heterocycles. The third-order valence-corrected chi connectivity index (χ3v) is 6.50. The van der Waals surface area contributed by atoms with Crippen molar-refractivity contribution in [1.82, 2.24) is 10.3 Å². The number of H-pyrrole nitrogens is 1. The summed E-state index contributed by atoms with van der Waals surface area (Å²) in [6, 6.07) is 14.7. The molecule has 4 rings (SSSR count). The van der Waals surface area contributed by atoms with Gasteiger partial charge in [0.15, 0.2) is 0 Å². The van der Waals surface area contributed by atoms with Crippen LogP contribution >= 0.6 is 11.6 Å². The van der Waals surface area contributed by atoms with E-state index < -0.39 is 0 Å². The average molecular weight is 479 g/mol. The van der Waals surface area contributed by atoms with Gasteiger partial charge in [-0.25, -0.2) is 4.99 Å². The SMILES string of the molecule is C=C(N=C(/C(Cl)=C\N)c1c[nH]c2ccccc12)Nc1ccc(N2CCC(NC)CC2)cc1OC. The highest BCUT2D eigenvalue weighted by molar-refractivity contribution is 6.47. The highest BCUT2D eigenvalue weighted by atomic mass is 35.5. The Labute approximate surface area is 205 Å². The smallest absolute Gasteiger partial charge is 0.144 e. The molecular weight excluding hydrogens is 448 g/mol. The topological polar surface area (TPSA) is 90.7 Å². The molecule has 2 aromatic carbocycles. The van der Waals surface area contributed by atoms with E-state index in [1.807, 2.05) is 49.6 Å². The molecule has 8 heteroatoms. The summed E-state index contributed by atoms with van der Waals surface area (Å²) in [7, 11) is 3.69. The minimum absolute atomic E-state index is 0.333. The first-order chi connectivity index (χ1) is 16.5. The normalized spacial score (nSPS) is 15.6. The first kappa shape index (κ1) is 23.7. The van der Waals surface area contributed by atoms with Gasteiger partial charge in [-0.05, 0) is 38.1 Å². The monoisotopic (exact) mass is 478 g/mol. The van der Waals surface area contributed by atoms with Crippen molar-refractivity contribution >= 4 is 39.6 Å². The Morgan fingerprint density at radius 1 is 1.26 bits per heavy atom. The number of piperidine rings is 1. The van der Waals surface area contributed by atoms with E-state index in [-0.39, 0.29) is 0 Å². The molecule has 0 atom stereocenters. The number of aromatic amines is 1. The van der Waals surface area contributed by atoms with E-state index in [1.54, 1.807) is 7.11 Å². The van der Waals surface area contributed by atoms with Gasteiger partial charge in [-0.2, -0.15) is 0 Å². The van der Waals surface area contributed by atoms with Crippen LogP contribution in [-0.4, -0.2) is 44.0 Å². The fourth-order valence-corrected chi connectivity index (χ4v) is 4.46. The fraction of sp³-hybridized carbons (Fsp3) is 0.269. The predicted molar refractivity (Wildman–Crippen MR) is 143 cm³/mol. The van der Waals surface area contributed by atoms with E-state index >= 15 is 0 Å². The molecule has 1 aliphatic heterocycles. The zero-order valence-electron chi connectivity index (χ0n) is 19.6. The summed E-state index contributed by atoms with van der Waals surface area (Å²) < 4.78 is 5.67. The third kappa shape index (κ3) is 5.05. The van der Waals surface area contributed by atoms with Crippen LogP contribution in [0.5, 0.6) is 5.75 Å². The van der Waals surface area contributed by atoms with Gasteiger partial charge in [0.05, 0.1) is 23.5 Å². The molecule has 5 N–H and O–H groups in total. The number of methoxy groups -OCH3 is 1. The number of ether oxygens (including phenoxy) is 1. The maximum atomic E-state index is 6.44. The lowest BCUT2D eigenvalue weighted by Crippen LogP contribution is -2.41. The van der Waals surface area contributed by atoms with Gasteiger partial charge in [-0.3, -0.25) is 0 Å². The fourth-order valence-electron chi connectivity index (χ4n) is 4.31. The molecule has 0 bridgehead atoms. The summed E-state index contributed by atoms with van der Waals surface area (Å²) in [6.45, 7) is 6.11. The van der Waals surface area contributed by atoms with Crippen LogP contribution in [0.25, 0.3) is 10.9 Å². The minimum atomic E-state index is 0.333. The van der Waals surface area contributed by atoms with Crippen LogP contribution in [0, 0.1) is 0 Å². The maximum Gasteiger partial charge on any atom is 0.144 e. The Bertz CT molecular complexity index is 1220. The van der Waals surface area contributed by atoms with Gasteiger partial charge in [0.2, 0.25) is 0 Å². The van der Waals surface area contributed by atoms with Crippen molar-refractivity contribution in [2.45, 2.75) is 18.9 Å². The summed E-state index contributed by atoms with van der Waals surface area (Å²) in [4.78, 5) is 10.3. The van der Waals surface area contributed by atoms with Gasteiger partial charge in [-0.15, -0.1) is 0 Å². The second-order valence-corrected chi connectivity index (χ2v) is 8.64. The lowest BCUT2D eigenvalue weighted by Gasteiger charge is -2.33. The molecule has 0 amide bonds. The van der Waals surface area contributed by atoms with Crippen molar-refractivity contribution < 1.29 is 4.74 Å². The molecular formula is C26H31ClN6O. The number of hydrogen-bond acceptors (Lipinski definition) is 6. The van der Waals surface area contributed by atoms with Crippen molar-refractivity contribution in [1.29, 1.82) is 0 Å². The molecule has 178 valence electrons. The number of fused-ring (bicyclic) bond motifs is 1. The van der Waals surface area contributed by atoms with Gasteiger partial charge in [0.1, 0.15) is 11.6 Å². The van der Waals surface area contributed by atoms with Gasteiger partial charge in [0, 0.05) is 59.7 Å². The molecule has 2 heterocycles. The van der Waals surface area contributed by atoms with Crippen LogP contribution in [0.4, 0.5) is 11.4 Å². The summed E-state index contributed by atoms with van der Waals surface area (Å²) in [5.74, 6) is 1.14. The van der Waals surface area contributed by atoms with Crippen LogP contribution in [0.3, 0.4) is 0 Å². The third-order valence-electron chi connectivity index (χ3n) is 6.20. The molecule has 0 radical (unpaired) electrons. The van der Waals surface area contributed by atoms with E-state index in [2.05, 4.69) is 38.2 Å². The summed E-state index contributed by atoms with van der Waals surface area (Å²) in [6.07, 6.45) is 5.45. The van der Waals surface area contributed by atoms with E-state index in [4.69, 9.17) is 22.1 Å². The van der Waals surface area contributed by atoms with E-state index in [0.29, 0.717) is 22.6 Å². The van der Waals surface area contributed by atoms with Crippen LogP contribution in [-0.2, 0) is 0 Å². The Morgan fingerprint density at radius 3 is 2.74 bits per heavy atom. The highest BCUT2D eigenvalue weighted by Crippen LogP contribution is 2.32. The molecule has 0 unspecified atom stereocenters. The Morgan fingerprint density at radius 2 is 2.03 bits per heavy atom. The number of hydrogen-bond donors (Lipinski definition) is 4. The number of aromatic nitrogens is 1. The molecule has 0 saturated carbocycles. The zero-order valence-corrected chi connectivity index (χ0v) is 20.3. The summed E-state index contributed by atoms with van der Waals surface area (Å²) >= 11 is 6.44. The first-order valence-corrected chi connectivity index (χ1v) is 11.7. The highest BCUT2D eigenvalue weighted by Gasteiger charge is 2.19. The number of nitrogens with two attached hydrogens (primary N) is 1. The zero-order chi connectivity index (χ0) is 24.1. The Balaban J connectivity index is 1.57. The van der Waals surface area contributed by atoms with Gasteiger partial charge >= 0.3 is 0 Å². The molecule has 1 fully saturated rings. The number of rotatable bonds is 8. The van der Waals surface area contributed by atoms with Crippen LogP contribution in [0.15, 0.2) is 77.3 Å². The number of anilines is 2. The second kappa shape index (κ2) is 10.7. The van der Waals surface area contributed by atoms with E-state index in [1.165, 1.54) is 6.20 Å². The number of halogens is 1. The van der Waals surface area contributed by atoms with Gasteiger partial charge in [-0.1, -0.05) is 36.4 Å². The number of para-hydroxylation sites is 1. The number of nitrogens with one attached hydrogen (secondary N) is 3. The molecule has 3 aromatic rings. The predicted octanol–water partition coefficient (Wildman–Crippen LogP) is 4.78. The molecule has 0 spiro atoms. The molecule has 0 aliphatic carbocycles. The average Bonchev–Trinajstić information content (AvgIpc) is 3.31. The number of allylic oxidation sites excluding steroid dienone is 1. The van der Waals surface area contributed by atoms with Crippen molar-refractivity contribution in [2.24, 2.45) is 10.7 Å². The van der Waals surface area contributed by atoms with E-state index in [0.717, 1.165) is 59.5 Å². The first-order valence-electron chi connectivity index (χ1n) is 11.3. The van der Waals surface area contributed by atoms with Crippen molar-refractivity contribution in [3.63, 3.8) is 0 Å². The second-order valence-electron chi connectivity index (χ2n) is 8.23.